The van der Waals surface area contributed by atoms with E-state index in [0.29, 0.717) is 11.4 Å². The van der Waals surface area contributed by atoms with Gasteiger partial charge in [-0.05, 0) is 75.2 Å². The molecule has 11 heteroatoms. The zero-order valence-electron chi connectivity index (χ0n) is 23.7. The highest BCUT2D eigenvalue weighted by atomic mass is 35.5. The van der Waals surface area contributed by atoms with E-state index >= 15 is 0 Å². The monoisotopic (exact) mass is 619 g/mol. The summed E-state index contributed by atoms with van der Waals surface area (Å²) in [6.07, 6.45) is 0.309. The van der Waals surface area contributed by atoms with Gasteiger partial charge in [-0.2, -0.15) is 0 Å². The summed E-state index contributed by atoms with van der Waals surface area (Å²) in [5, 5.41) is 3.66. The Morgan fingerprint density at radius 1 is 0.951 bits per heavy atom. The molecule has 3 aromatic carbocycles. The number of hydrogen-bond donors (Lipinski definition) is 1. The molecule has 0 radical (unpaired) electrons. The number of rotatable bonds is 12. The molecule has 3 aromatic rings. The highest BCUT2D eigenvalue weighted by Crippen LogP contribution is 2.35. The van der Waals surface area contributed by atoms with E-state index in [4.69, 9.17) is 27.9 Å². The molecule has 3 rings (SSSR count). The Hall–Kier alpha value is -3.27. The van der Waals surface area contributed by atoms with Crippen molar-refractivity contribution in [3.63, 3.8) is 0 Å². The van der Waals surface area contributed by atoms with Crippen molar-refractivity contribution in [1.82, 2.24) is 10.2 Å². The second-order valence-corrected chi connectivity index (χ2v) is 12.6. The molecule has 2 amide bonds. The van der Waals surface area contributed by atoms with Gasteiger partial charge in [-0.25, -0.2) is 8.42 Å². The molecule has 0 aliphatic carbocycles. The Bertz CT molecular complexity index is 1460. The van der Waals surface area contributed by atoms with E-state index in [1.165, 1.54) is 36.3 Å². The van der Waals surface area contributed by atoms with Crippen LogP contribution in [0.2, 0.25) is 10.0 Å². The van der Waals surface area contributed by atoms with Crippen molar-refractivity contribution in [2.45, 2.75) is 57.6 Å². The van der Waals surface area contributed by atoms with Crippen molar-refractivity contribution in [1.29, 1.82) is 0 Å². The number of anilines is 1. The van der Waals surface area contributed by atoms with Crippen LogP contribution in [0.25, 0.3) is 0 Å². The van der Waals surface area contributed by atoms with Crippen molar-refractivity contribution in [3.05, 3.63) is 87.9 Å². The van der Waals surface area contributed by atoms with Crippen LogP contribution in [0.15, 0.2) is 71.6 Å². The zero-order valence-corrected chi connectivity index (χ0v) is 26.1. The third kappa shape index (κ3) is 8.15. The van der Waals surface area contributed by atoms with E-state index in [1.807, 2.05) is 20.8 Å². The summed E-state index contributed by atoms with van der Waals surface area (Å²) in [7, 11) is -2.87. The fourth-order valence-corrected chi connectivity index (χ4v) is 6.00. The van der Waals surface area contributed by atoms with Crippen molar-refractivity contribution in [2.24, 2.45) is 0 Å². The van der Waals surface area contributed by atoms with Crippen LogP contribution in [-0.4, -0.2) is 50.9 Å². The van der Waals surface area contributed by atoms with Crippen molar-refractivity contribution in [2.75, 3.05) is 18.0 Å². The molecular formula is C30H35Cl2N3O5S. The van der Waals surface area contributed by atoms with Crippen LogP contribution in [-0.2, 0) is 26.2 Å². The number of nitrogens with zero attached hydrogens (tertiary/aromatic N) is 2. The standard InChI is InChI=1S/C30H35Cl2N3O5S/c1-6-26(30(37)33-20(2)3)34(18-22-9-11-23(31)12-10-22)29(36)19-35(27-17-24(32)13-16-28(27)40-5)41(38,39)25-14-7-21(4)8-15-25/h7-17,20,26H,6,18-19H2,1-5H3,(H,33,37)/t26-/m0/s1. The van der Waals surface area contributed by atoms with E-state index in [0.717, 1.165) is 15.4 Å². The molecular weight excluding hydrogens is 585 g/mol. The van der Waals surface area contributed by atoms with Gasteiger partial charge < -0.3 is 15.0 Å². The molecule has 0 aliphatic heterocycles. The molecule has 0 aromatic heterocycles. The molecule has 0 heterocycles. The molecule has 0 unspecified atom stereocenters. The molecule has 0 saturated heterocycles. The molecule has 0 bridgehead atoms. The van der Waals surface area contributed by atoms with Crippen molar-refractivity contribution < 1.29 is 22.7 Å². The van der Waals surface area contributed by atoms with E-state index in [9.17, 15) is 18.0 Å². The van der Waals surface area contributed by atoms with E-state index in [1.54, 1.807) is 49.4 Å². The van der Waals surface area contributed by atoms with Gasteiger partial charge >= 0.3 is 0 Å². The summed E-state index contributed by atoms with van der Waals surface area (Å²) in [4.78, 5) is 28.8. The minimum Gasteiger partial charge on any atom is -0.495 e. The second kappa shape index (κ2) is 14.1. The summed E-state index contributed by atoms with van der Waals surface area (Å²) in [5.74, 6) is -0.701. The molecule has 1 atom stereocenters. The zero-order chi connectivity index (χ0) is 30.3. The molecule has 0 spiro atoms. The first kappa shape index (κ1) is 32.2. The maximum absolute atomic E-state index is 14.1. The average Bonchev–Trinajstić information content (AvgIpc) is 2.92. The van der Waals surface area contributed by atoms with Crippen molar-refractivity contribution in [3.8, 4) is 5.75 Å². The molecule has 0 saturated carbocycles. The molecule has 1 N–H and O–H groups in total. The van der Waals surface area contributed by atoms with Gasteiger partial charge in [0.15, 0.2) is 0 Å². The lowest BCUT2D eigenvalue weighted by molar-refractivity contribution is -0.140. The number of amides is 2. The van der Waals surface area contributed by atoms with Gasteiger partial charge in [0.05, 0.1) is 17.7 Å². The number of halogens is 2. The number of methoxy groups -OCH3 is 1. The number of benzene rings is 3. The Morgan fingerprint density at radius 2 is 1.56 bits per heavy atom. The third-order valence-electron chi connectivity index (χ3n) is 6.38. The first-order valence-corrected chi connectivity index (χ1v) is 15.3. The number of ether oxygens (including phenoxy) is 1. The first-order valence-electron chi connectivity index (χ1n) is 13.1. The third-order valence-corrected chi connectivity index (χ3v) is 8.64. The van der Waals surface area contributed by atoms with Gasteiger partial charge in [0.2, 0.25) is 11.8 Å². The lowest BCUT2D eigenvalue weighted by Crippen LogP contribution is -2.53. The van der Waals surface area contributed by atoms with E-state index < -0.39 is 28.5 Å². The van der Waals surface area contributed by atoms with Gasteiger partial charge in [-0.15, -0.1) is 0 Å². The second-order valence-electron chi connectivity index (χ2n) is 9.88. The van der Waals surface area contributed by atoms with Crippen LogP contribution in [0.3, 0.4) is 0 Å². The molecule has 0 aliphatic rings. The summed E-state index contributed by atoms with van der Waals surface area (Å²) in [5.41, 5.74) is 1.70. The quantitative estimate of drug-likeness (QED) is 0.275. The van der Waals surface area contributed by atoms with Crippen LogP contribution < -0.4 is 14.4 Å². The summed E-state index contributed by atoms with van der Waals surface area (Å²) in [6, 6.07) is 16.8. The van der Waals surface area contributed by atoms with Crippen LogP contribution in [0, 0.1) is 6.92 Å². The van der Waals surface area contributed by atoms with E-state index in [-0.39, 0.29) is 39.8 Å². The summed E-state index contributed by atoms with van der Waals surface area (Å²) in [6.45, 7) is 6.76. The number of carbonyl (C=O) groups is 2. The van der Waals surface area contributed by atoms with Gasteiger partial charge in [0.25, 0.3) is 10.0 Å². The Labute approximate surface area is 252 Å². The number of carbonyl (C=O) groups excluding carboxylic acids is 2. The summed E-state index contributed by atoms with van der Waals surface area (Å²) < 4.78 is 34.6. The number of sulfonamides is 1. The van der Waals surface area contributed by atoms with Gasteiger partial charge in [0.1, 0.15) is 18.3 Å². The van der Waals surface area contributed by atoms with Gasteiger partial charge in [-0.3, -0.25) is 13.9 Å². The van der Waals surface area contributed by atoms with Crippen LogP contribution in [0.4, 0.5) is 5.69 Å². The predicted octanol–water partition coefficient (Wildman–Crippen LogP) is 5.84. The van der Waals surface area contributed by atoms with Gasteiger partial charge in [0, 0.05) is 22.6 Å². The van der Waals surface area contributed by atoms with Crippen molar-refractivity contribution >= 4 is 50.7 Å². The highest BCUT2D eigenvalue weighted by molar-refractivity contribution is 7.92. The lowest BCUT2D eigenvalue weighted by atomic mass is 10.1. The Balaban J connectivity index is 2.13. The average molecular weight is 621 g/mol. The lowest BCUT2D eigenvalue weighted by Gasteiger charge is -2.34. The van der Waals surface area contributed by atoms with E-state index in [2.05, 4.69) is 5.32 Å². The largest absolute Gasteiger partial charge is 0.495 e. The minimum absolute atomic E-state index is 0.00762. The van der Waals surface area contributed by atoms with Crippen LogP contribution in [0.5, 0.6) is 5.75 Å². The number of aryl methyl sites for hydroxylation is 1. The maximum Gasteiger partial charge on any atom is 0.264 e. The first-order chi connectivity index (χ1) is 19.4. The number of hydrogen-bond acceptors (Lipinski definition) is 5. The SMILES string of the molecule is CC[C@@H](C(=O)NC(C)C)N(Cc1ccc(Cl)cc1)C(=O)CN(c1cc(Cl)ccc1OC)S(=O)(=O)c1ccc(C)cc1. The van der Waals surface area contributed by atoms with Crippen LogP contribution in [0.1, 0.15) is 38.3 Å². The molecule has 41 heavy (non-hydrogen) atoms. The molecule has 220 valence electrons. The fraction of sp³-hybridized carbons (Fsp3) is 0.333. The Morgan fingerprint density at radius 3 is 2.12 bits per heavy atom. The summed E-state index contributed by atoms with van der Waals surface area (Å²) >= 11 is 12.3. The normalized spacial score (nSPS) is 12.1. The topological polar surface area (TPSA) is 96.0 Å². The minimum atomic E-state index is -4.27. The molecule has 8 nitrogen and oxygen atoms in total. The predicted molar refractivity (Wildman–Crippen MR) is 163 cm³/mol. The number of nitrogens with one attached hydrogen (secondary N) is 1. The van der Waals surface area contributed by atoms with Gasteiger partial charge in [-0.1, -0.05) is 60.0 Å². The highest BCUT2D eigenvalue weighted by Gasteiger charge is 2.35. The molecule has 0 fully saturated rings. The Kier molecular flexibility index (Phi) is 11.1. The maximum atomic E-state index is 14.1. The fourth-order valence-electron chi connectivity index (χ4n) is 4.30. The van der Waals surface area contributed by atoms with Crippen LogP contribution >= 0.6 is 23.2 Å². The smallest absolute Gasteiger partial charge is 0.264 e.